The standard InChI is InChI=1S/C18H16FNO2/c19-15-6-4-5-14-17(21)13-8-7-12(11-16(13)22-18(14)15)20-9-2-1-3-10-20/h4-8,11H,1-3,9-10H2. The van der Waals surface area contributed by atoms with Crippen molar-refractivity contribution < 1.29 is 8.81 Å². The number of nitrogens with zero attached hydrogens (tertiary/aromatic N) is 1. The van der Waals surface area contributed by atoms with Crippen molar-refractivity contribution in [2.24, 2.45) is 0 Å². The number of benzene rings is 2. The Morgan fingerprint density at radius 2 is 1.82 bits per heavy atom. The molecule has 2 aromatic carbocycles. The summed E-state index contributed by atoms with van der Waals surface area (Å²) in [5.74, 6) is -0.500. The minimum atomic E-state index is -0.500. The summed E-state index contributed by atoms with van der Waals surface area (Å²) < 4.78 is 19.6. The fourth-order valence-electron chi connectivity index (χ4n) is 3.18. The Labute approximate surface area is 127 Å². The Bertz CT molecular complexity index is 910. The van der Waals surface area contributed by atoms with Crippen molar-refractivity contribution in [1.82, 2.24) is 0 Å². The summed E-state index contributed by atoms with van der Waals surface area (Å²) in [6.07, 6.45) is 3.61. The number of hydrogen-bond donors (Lipinski definition) is 0. The van der Waals surface area contributed by atoms with Crippen LogP contribution in [-0.4, -0.2) is 13.1 Å². The Morgan fingerprint density at radius 3 is 2.64 bits per heavy atom. The molecule has 1 aliphatic heterocycles. The van der Waals surface area contributed by atoms with E-state index in [1.54, 1.807) is 12.1 Å². The van der Waals surface area contributed by atoms with Crippen LogP contribution in [0.5, 0.6) is 0 Å². The lowest BCUT2D eigenvalue weighted by molar-refractivity contribution is 0.573. The summed E-state index contributed by atoms with van der Waals surface area (Å²) in [5, 5.41) is 0.789. The van der Waals surface area contributed by atoms with Crippen LogP contribution in [0.25, 0.3) is 21.9 Å². The molecule has 3 aromatic rings. The first kappa shape index (κ1) is 13.3. The molecule has 1 aliphatic rings. The van der Waals surface area contributed by atoms with Gasteiger partial charge >= 0.3 is 0 Å². The van der Waals surface area contributed by atoms with E-state index in [0.29, 0.717) is 16.4 Å². The minimum Gasteiger partial charge on any atom is -0.453 e. The third-order valence-corrected chi connectivity index (χ3v) is 4.35. The highest BCUT2D eigenvalue weighted by atomic mass is 19.1. The van der Waals surface area contributed by atoms with Gasteiger partial charge in [-0.3, -0.25) is 4.79 Å². The molecule has 1 aromatic heterocycles. The zero-order valence-electron chi connectivity index (χ0n) is 12.1. The van der Waals surface area contributed by atoms with Crippen molar-refractivity contribution in [3.63, 3.8) is 0 Å². The quantitative estimate of drug-likeness (QED) is 0.635. The predicted molar refractivity (Wildman–Crippen MR) is 86.0 cm³/mol. The molecule has 4 heteroatoms. The summed E-state index contributed by atoms with van der Waals surface area (Å²) in [6, 6.07) is 10.0. The van der Waals surface area contributed by atoms with Crippen molar-refractivity contribution in [2.75, 3.05) is 18.0 Å². The predicted octanol–water partition coefficient (Wildman–Crippen LogP) is 4.08. The Morgan fingerprint density at radius 1 is 1.00 bits per heavy atom. The first-order chi connectivity index (χ1) is 10.7. The average Bonchev–Trinajstić information content (AvgIpc) is 2.56. The maximum atomic E-state index is 13.9. The number of anilines is 1. The van der Waals surface area contributed by atoms with E-state index in [0.717, 1.165) is 18.8 Å². The number of rotatable bonds is 1. The van der Waals surface area contributed by atoms with E-state index < -0.39 is 5.82 Å². The average molecular weight is 297 g/mol. The Hall–Kier alpha value is -2.36. The number of para-hydroxylation sites is 1. The SMILES string of the molecule is O=c1c2ccc(N3CCCCC3)cc2oc2c(F)cccc12. The van der Waals surface area contributed by atoms with Gasteiger partial charge in [0.25, 0.3) is 0 Å². The second kappa shape index (κ2) is 5.13. The van der Waals surface area contributed by atoms with Gasteiger partial charge < -0.3 is 9.32 Å². The molecule has 0 atom stereocenters. The van der Waals surface area contributed by atoms with Gasteiger partial charge in [0.05, 0.1) is 10.8 Å². The third-order valence-electron chi connectivity index (χ3n) is 4.35. The molecule has 112 valence electrons. The third kappa shape index (κ3) is 2.06. The lowest BCUT2D eigenvalue weighted by Gasteiger charge is -2.28. The van der Waals surface area contributed by atoms with Crippen molar-refractivity contribution in [3.8, 4) is 0 Å². The normalized spacial score (nSPS) is 15.6. The van der Waals surface area contributed by atoms with Crippen LogP contribution < -0.4 is 10.3 Å². The molecule has 3 nitrogen and oxygen atoms in total. The van der Waals surface area contributed by atoms with Crippen LogP contribution in [-0.2, 0) is 0 Å². The molecule has 0 unspecified atom stereocenters. The highest BCUT2D eigenvalue weighted by Crippen LogP contribution is 2.26. The smallest absolute Gasteiger partial charge is 0.200 e. The van der Waals surface area contributed by atoms with E-state index in [2.05, 4.69) is 4.90 Å². The molecule has 1 saturated heterocycles. The molecular weight excluding hydrogens is 281 g/mol. The van der Waals surface area contributed by atoms with E-state index in [9.17, 15) is 9.18 Å². The molecule has 22 heavy (non-hydrogen) atoms. The van der Waals surface area contributed by atoms with Crippen LogP contribution in [0.4, 0.5) is 10.1 Å². The molecule has 2 heterocycles. The second-order valence-corrected chi connectivity index (χ2v) is 5.78. The first-order valence-electron chi connectivity index (χ1n) is 7.64. The molecule has 0 N–H and O–H groups in total. The van der Waals surface area contributed by atoms with E-state index in [-0.39, 0.29) is 11.0 Å². The summed E-state index contributed by atoms with van der Waals surface area (Å²) in [6.45, 7) is 2.02. The van der Waals surface area contributed by atoms with Crippen LogP contribution in [0.3, 0.4) is 0 Å². The summed E-state index contributed by atoms with van der Waals surface area (Å²) in [4.78, 5) is 14.8. The van der Waals surface area contributed by atoms with Gasteiger partial charge in [-0.05, 0) is 43.5 Å². The first-order valence-corrected chi connectivity index (χ1v) is 7.64. The van der Waals surface area contributed by atoms with E-state index >= 15 is 0 Å². The van der Waals surface area contributed by atoms with Crippen LogP contribution in [0.15, 0.2) is 45.6 Å². The summed E-state index contributed by atoms with van der Waals surface area (Å²) >= 11 is 0. The highest BCUT2D eigenvalue weighted by Gasteiger charge is 2.15. The summed E-state index contributed by atoms with van der Waals surface area (Å²) in [7, 11) is 0. The van der Waals surface area contributed by atoms with Gasteiger partial charge in [0.1, 0.15) is 5.58 Å². The number of fused-ring (bicyclic) bond motifs is 2. The van der Waals surface area contributed by atoms with E-state index in [1.165, 1.54) is 31.4 Å². The van der Waals surface area contributed by atoms with Crippen LogP contribution in [0, 0.1) is 5.82 Å². The Balaban J connectivity index is 1.94. The maximum absolute atomic E-state index is 13.9. The summed E-state index contributed by atoms with van der Waals surface area (Å²) in [5.41, 5.74) is 1.34. The number of halogens is 1. The molecule has 4 rings (SSSR count). The molecule has 0 spiro atoms. The minimum absolute atomic E-state index is 0.0378. The zero-order valence-corrected chi connectivity index (χ0v) is 12.1. The molecule has 0 bridgehead atoms. The lowest BCUT2D eigenvalue weighted by atomic mass is 10.1. The fraction of sp³-hybridized carbons (Fsp3) is 0.278. The van der Waals surface area contributed by atoms with Gasteiger partial charge in [0.2, 0.25) is 5.43 Å². The van der Waals surface area contributed by atoms with Crippen molar-refractivity contribution in [3.05, 3.63) is 52.4 Å². The largest absolute Gasteiger partial charge is 0.453 e. The van der Waals surface area contributed by atoms with Crippen LogP contribution >= 0.6 is 0 Å². The fourth-order valence-corrected chi connectivity index (χ4v) is 3.18. The molecule has 1 fully saturated rings. The maximum Gasteiger partial charge on any atom is 0.200 e. The van der Waals surface area contributed by atoms with Gasteiger partial charge in [-0.15, -0.1) is 0 Å². The molecule has 0 saturated carbocycles. The second-order valence-electron chi connectivity index (χ2n) is 5.78. The number of piperidine rings is 1. The molecule has 0 radical (unpaired) electrons. The van der Waals surface area contributed by atoms with Gasteiger partial charge in [-0.2, -0.15) is 0 Å². The topological polar surface area (TPSA) is 33.5 Å². The van der Waals surface area contributed by atoms with Crippen molar-refractivity contribution in [2.45, 2.75) is 19.3 Å². The van der Waals surface area contributed by atoms with E-state index in [1.807, 2.05) is 12.1 Å². The lowest BCUT2D eigenvalue weighted by Crippen LogP contribution is -2.29. The van der Waals surface area contributed by atoms with Crippen LogP contribution in [0.2, 0.25) is 0 Å². The highest BCUT2D eigenvalue weighted by molar-refractivity contribution is 5.91. The van der Waals surface area contributed by atoms with Crippen molar-refractivity contribution >= 4 is 27.6 Å². The van der Waals surface area contributed by atoms with Gasteiger partial charge in [0.15, 0.2) is 11.4 Å². The Kier molecular flexibility index (Phi) is 3.10. The van der Waals surface area contributed by atoms with Crippen LogP contribution in [0.1, 0.15) is 19.3 Å². The number of hydrogen-bond acceptors (Lipinski definition) is 3. The molecular formula is C18H16FNO2. The van der Waals surface area contributed by atoms with Crippen molar-refractivity contribution in [1.29, 1.82) is 0 Å². The molecule has 0 amide bonds. The van der Waals surface area contributed by atoms with Gasteiger partial charge in [0, 0.05) is 24.8 Å². The monoisotopic (exact) mass is 297 g/mol. The van der Waals surface area contributed by atoms with Gasteiger partial charge in [-0.1, -0.05) is 6.07 Å². The van der Waals surface area contributed by atoms with Gasteiger partial charge in [-0.25, -0.2) is 4.39 Å². The van der Waals surface area contributed by atoms with E-state index in [4.69, 9.17) is 4.42 Å². The zero-order chi connectivity index (χ0) is 15.1. The molecule has 0 aliphatic carbocycles.